The molecular formula is C15H16N2O6S. The maximum atomic E-state index is 12.9. The van der Waals surface area contributed by atoms with E-state index >= 15 is 0 Å². The molecule has 2 aliphatic rings. The molecule has 1 aliphatic carbocycles. The third kappa shape index (κ3) is 2.04. The van der Waals surface area contributed by atoms with Crippen LogP contribution in [0, 0.1) is 11.3 Å². The van der Waals surface area contributed by atoms with Gasteiger partial charge in [0.25, 0.3) is 0 Å². The normalized spacial score (nSPS) is 27.6. The molecule has 4 rings (SSSR count). The van der Waals surface area contributed by atoms with Gasteiger partial charge in [0.15, 0.2) is 5.58 Å². The minimum atomic E-state index is -3.84. The molecule has 0 bridgehead atoms. The number of nitrogens with zero attached hydrogens (tertiary/aromatic N) is 1. The monoisotopic (exact) mass is 352 g/mol. The van der Waals surface area contributed by atoms with Crippen molar-refractivity contribution in [2.45, 2.75) is 24.2 Å². The third-order valence-corrected chi connectivity index (χ3v) is 7.10. The highest BCUT2D eigenvalue weighted by Gasteiger charge is 2.57. The maximum Gasteiger partial charge on any atom is 0.417 e. The molecule has 8 nitrogen and oxygen atoms in total. The zero-order valence-corrected chi connectivity index (χ0v) is 13.5. The van der Waals surface area contributed by atoms with E-state index in [1.807, 2.05) is 0 Å². The lowest BCUT2D eigenvalue weighted by molar-refractivity contribution is -0.149. The summed E-state index contributed by atoms with van der Waals surface area (Å²) < 4.78 is 31.9. The van der Waals surface area contributed by atoms with Crippen LogP contribution in [0.3, 0.4) is 0 Å². The Hall–Kier alpha value is -2.13. The topological polar surface area (TPSA) is 121 Å². The van der Waals surface area contributed by atoms with Gasteiger partial charge in [-0.2, -0.15) is 4.31 Å². The number of carbonyl (C=O) groups is 1. The van der Waals surface area contributed by atoms with Crippen LogP contribution >= 0.6 is 0 Å². The molecule has 0 unspecified atom stereocenters. The first-order valence-electron chi connectivity index (χ1n) is 7.69. The zero-order valence-electron chi connectivity index (χ0n) is 12.7. The largest absolute Gasteiger partial charge is 0.481 e. The number of carboxylic acid groups (broad SMARTS) is 1. The number of fused-ring (bicyclic) bond motifs is 2. The van der Waals surface area contributed by atoms with E-state index in [9.17, 15) is 23.1 Å². The number of aromatic amines is 1. The van der Waals surface area contributed by atoms with Gasteiger partial charge in [-0.05, 0) is 30.9 Å². The molecule has 2 heterocycles. The fraction of sp³-hybridized carbons (Fsp3) is 0.467. The van der Waals surface area contributed by atoms with Gasteiger partial charge < -0.3 is 9.52 Å². The van der Waals surface area contributed by atoms with Crippen LogP contribution in [0.5, 0.6) is 0 Å². The van der Waals surface area contributed by atoms with Crippen molar-refractivity contribution in [1.29, 1.82) is 0 Å². The predicted octanol–water partition coefficient (Wildman–Crippen LogP) is 0.996. The minimum absolute atomic E-state index is 0.00161. The average molecular weight is 352 g/mol. The quantitative estimate of drug-likeness (QED) is 0.850. The fourth-order valence-corrected chi connectivity index (χ4v) is 5.58. The smallest absolute Gasteiger partial charge is 0.417 e. The Kier molecular flexibility index (Phi) is 3.17. The van der Waals surface area contributed by atoms with Crippen molar-refractivity contribution in [3.8, 4) is 0 Å². The SMILES string of the molecule is O=C(O)[C@@]12CCC[C@H]1CN(S(=O)(=O)c1ccc3[nH]c(=O)oc3c1)C2. The highest BCUT2D eigenvalue weighted by atomic mass is 32.2. The number of nitrogens with one attached hydrogen (secondary N) is 1. The average Bonchev–Trinajstić information content (AvgIpc) is 3.16. The second kappa shape index (κ2) is 4.93. The zero-order chi connectivity index (χ0) is 17.1. The summed E-state index contributed by atoms with van der Waals surface area (Å²) in [5.41, 5.74) is -0.398. The van der Waals surface area contributed by atoms with E-state index in [4.69, 9.17) is 4.42 Å². The van der Waals surface area contributed by atoms with Crippen LogP contribution < -0.4 is 5.76 Å². The molecule has 2 atom stereocenters. The first-order valence-corrected chi connectivity index (χ1v) is 9.13. The molecule has 128 valence electrons. The number of oxazole rings is 1. The van der Waals surface area contributed by atoms with Crippen molar-refractivity contribution in [3.63, 3.8) is 0 Å². The van der Waals surface area contributed by atoms with Gasteiger partial charge in [0, 0.05) is 19.2 Å². The highest BCUT2D eigenvalue weighted by Crippen LogP contribution is 2.50. The first kappa shape index (κ1) is 15.4. The summed E-state index contributed by atoms with van der Waals surface area (Å²) in [7, 11) is -3.84. The molecule has 1 aliphatic heterocycles. The van der Waals surface area contributed by atoms with E-state index in [0.29, 0.717) is 11.9 Å². The Bertz CT molecular complexity index is 991. The molecule has 0 radical (unpaired) electrons. The number of hydrogen-bond donors (Lipinski definition) is 2. The molecule has 1 saturated carbocycles. The van der Waals surface area contributed by atoms with Crippen LogP contribution in [-0.4, -0.2) is 41.9 Å². The van der Waals surface area contributed by atoms with Crippen molar-refractivity contribution in [2.24, 2.45) is 11.3 Å². The Morgan fingerprint density at radius 1 is 1.42 bits per heavy atom. The molecule has 9 heteroatoms. The van der Waals surface area contributed by atoms with E-state index in [1.165, 1.54) is 22.5 Å². The Labute approximate surface area is 137 Å². The lowest BCUT2D eigenvalue weighted by atomic mass is 9.81. The van der Waals surface area contributed by atoms with Gasteiger partial charge >= 0.3 is 11.7 Å². The Morgan fingerprint density at radius 3 is 2.92 bits per heavy atom. The molecule has 24 heavy (non-hydrogen) atoms. The second-order valence-corrected chi connectivity index (χ2v) is 8.46. The van der Waals surface area contributed by atoms with Crippen LogP contribution in [0.1, 0.15) is 19.3 Å². The molecule has 2 aromatic rings. The lowest BCUT2D eigenvalue weighted by Gasteiger charge is -2.23. The number of rotatable bonds is 3. The van der Waals surface area contributed by atoms with Crippen LogP contribution in [0.15, 0.2) is 32.3 Å². The van der Waals surface area contributed by atoms with Gasteiger partial charge in [-0.15, -0.1) is 0 Å². The summed E-state index contributed by atoms with van der Waals surface area (Å²) in [4.78, 5) is 25.4. The van der Waals surface area contributed by atoms with Gasteiger partial charge in [-0.3, -0.25) is 9.78 Å². The van der Waals surface area contributed by atoms with Crippen LogP contribution in [0.4, 0.5) is 0 Å². The molecule has 0 spiro atoms. The summed E-state index contributed by atoms with van der Waals surface area (Å²) in [6, 6.07) is 4.16. The number of carboxylic acids is 1. The Morgan fingerprint density at radius 2 is 2.21 bits per heavy atom. The molecular weight excluding hydrogens is 336 g/mol. The summed E-state index contributed by atoms with van der Waals surface area (Å²) in [6.07, 6.45) is 2.04. The minimum Gasteiger partial charge on any atom is -0.481 e. The van der Waals surface area contributed by atoms with Crippen LogP contribution in [0.25, 0.3) is 11.1 Å². The lowest BCUT2D eigenvalue weighted by Crippen LogP contribution is -2.37. The fourth-order valence-electron chi connectivity index (χ4n) is 4.01. The van der Waals surface area contributed by atoms with E-state index in [2.05, 4.69) is 4.98 Å². The number of H-pyrrole nitrogens is 1. The van der Waals surface area contributed by atoms with E-state index in [0.717, 1.165) is 12.8 Å². The highest BCUT2D eigenvalue weighted by molar-refractivity contribution is 7.89. The number of aliphatic carboxylic acids is 1. The number of hydrogen-bond acceptors (Lipinski definition) is 5. The summed E-state index contributed by atoms with van der Waals surface area (Å²) in [5, 5.41) is 9.60. The van der Waals surface area contributed by atoms with Crippen LogP contribution in [0.2, 0.25) is 0 Å². The molecule has 1 saturated heterocycles. The van der Waals surface area contributed by atoms with E-state index < -0.39 is 27.2 Å². The number of aromatic nitrogens is 1. The van der Waals surface area contributed by atoms with E-state index in [1.54, 1.807) is 0 Å². The number of sulfonamides is 1. The molecule has 0 amide bonds. The van der Waals surface area contributed by atoms with Gasteiger partial charge in [0.05, 0.1) is 15.8 Å². The molecule has 2 N–H and O–H groups in total. The molecule has 2 fully saturated rings. The van der Waals surface area contributed by atoms with Crippen molar-refractivity contribution in [3.05, 3.63) is 28.7 Å². The van der Waals surface area contributed by atoms with Gasteiger partial charge in [0.2, 0.25) is 10.0 Å². The summed E-state index contributed by atoms with van der Waals surface area (Å²) in [5.74, 6) is -1.73. The van der Waals surface area contributed by atoms with Crippen molar-refractivity contribution < 1.29 is 22.7 Å². The van der Waals surface area contributed by atoms with Gasteiger partial charge in [-0.25, -0.2) is 13.2 Å². The Balaban J connectivity index is 1.72. The van der Waals surface area contributed by atoms with Crippen molar-refractivity contribution >= 4 is 27.1 Å². The summed E-state index contributed by atoms with van der Waals surface area (Å²) in [6.45, 7) is 0.203. The standard InChI is InChI=1S/C15H16N2O6S/c18-13(19)15-5-1-2-9(15)7-17(8-15)24(21,22)10-3-4-11-12(6-10)23-14(20)16-11/h3-4,6,9H,1-2,5,7-8H2,(H,16,20)(H,18,19)/t9-,15+/m0/s1. The molecule has 1 aromatic carbocycles. The first-order chi connectivity index (χ1) is 11.3. The summed E-state index contributed by atoms with van der Waals surface area (Å²) >= 11 is 0. The predicted molar refractivity (Wildman–Crippen MR) is 83.0 cm³/mol. The van der Waals surface area contributed by atoms with Gasteiger partial charge in [-0.1, -0.05) is 6.42 Å². The van der Waals surface area contributed by atoms with Crippen molar-refractivity contribution in [1.82, 2.24) is 9.29 Å². The maximum absolute atomic E-state index is 12.9. The van der Waals surface area contributed by atoms with Crippen LogP contribution in [-0.2, 0) is 14.8 Å². The second-order valence-electron chi connectivity index (χ2n) is 6.52. The third-order valence-electron chi connectivity index (χ3n) is 5.30. The van der Waals surface area contributed by atoms with Gasteiger partial charge in [0.1, 0.15) is 0 Å². The van der Waals surface area contributed by atoms with Crippen molar-refractivity contribution in [2.75, 3.05) is 13.1 Å². The van der Waals surface area contributed by atoms with E-state index in [-0.39, 0.29) is 29.5 Å². The molecule has 1 aromatic heterocycles. The number of benzene rings is 1.